The first-order chi connectivity index (χ1) is 22.0. The van der Waals surface area contributed by atoms with Crippen molar-refractivity contribution in [2.75, 3.05) is 13.2 Å². The molecule has 0 aliphatic carbocycles. The Morgan fingerprint density at radius 1 is 0.356 bits per heavy atom. The van der Waals surface area contributed by atoms with Crippen molar-refractivity contribution >= 4 is 17.9 Å². The summed E-state index contributed by atoms with van der Waals surface area (Å²) >= 11 is 0. The minimum Gasteiger partial charge on any atom is -0.462 e. The fraction of sp³-hybridized carbons (Fsp3) is 0.923. The van der Waals surface area contributed by atoms with E-state index in [9.17, 15) is 14.4 Å². The molecule has 0 heterocycles. The van der Waals surface area contributed by atoms with Gasteiger partial charge in [-0.2, -0.15) is 0 Å². The topological polar surface area (TPSA) is 78.9 Å². The maximum Gasteiger partial charge on any atom is 0.306 e. The van der Waals surface area contributed by atoms with Crippen molar-refractivity contribution in [2.45, 2.75) is 219 Å². The zero-order chi connectivity index (χ0) is 33.1. The fourth-order valence-corrected chi connectivity index (χ4v) is 5.62. The van der Waals surface area contributed by atoms with Crippen LogP contribution in [0.3, 0.4) is 0 Å². The predicted molar refractivity (Wildman–Crippen MR) is 187 cm³/mol. The molecular formula is C39H74O6. The van der Waals surface area contributed by atoms with E-state index < -0.39 is 6.10 Å². The Morgan fingerprint density at radius 3 is 0.889 bits per heavy atom. The first kappa shape index (κ1) is 43.4. The van der Waals surface area contributed by atoms with E-state index in [4.69, 9.17) is 14.2 Å². The van der Waals surface area contributed by atoms with Crippen LogP contribution in [0.5, 0.6) is 0 Å². The molecule has 0 spiro atoms. The summed E-state index contributed by atoms with van der Waals surface area (Å²) in [5, 5.41) is 0. The van der Waals surface area contributed by atoms with Crippen LogP contribution in [0, 0.1) is 0 Å². The van der Waals surface area contributed by atoms with Crippen LogP contribution in [0.15, 0.2) is 0 Å². The monoisotopic (exact) mass is 639 g/mol. The van der Waals surface area contributed by atoms with Gasteiger partial charge in [0.2, 0.25) is 0 Å². The van der Waals surface area contributed by atoms with Crippen molar-refractivity contribution in [3.8, 4) is 0 Å². The van der Waals surface area contributed by atoms with Gasteiger partial charge >= 0.3 is 17.9 Å². The Hall–Kier alpha value is -1.59. The number of unbranched alkanes of at least 4 members (excludes halogenated alkanes) is 24. The van der Waals surface area contributed by atoms with Crippen molar-refractivity contribution in [1.29, 1.82) is 0 Å². The van der Waals surface area contributed by atoms with Crippen LogP contribution in [0.4, 0.5) is 0 Å². The summed E-state index contributed by atoms with van der Waals surface area (Å²) in [6, 6.07) is 0. The van der Waals surface area contributed by atoms with Crippen LogP contribution in [-0.2, 0) is 28.6 Å². The molecule has 0 aromatic carbocycles. The highest BCUT2D eigenvalue weighted by Gasteiger charge is 2.19. The van der Waals surface area contributed by atoms with E-state index in [0.717, 1.165) is 64.2 Å². The Labute approximate surface area is 278 Å². The van der Waals surface area contributed by atoms with Gasteiger partial charge in [-0.15, -0.1) is 0 Å². The molecule has 0 fully saturated rings. The third-order valence-corrected chi connectivity index (χ3v) is 8.61. The molecule has 0 radical (unpaired) electrons. The van der Waals surface area contributed by atoms with E-state index in [1.165, 1.54) is 109 Å². The Kier molecular flexibility index (Phi) is 34.0. The van der Waals surface area contributed by atoms with Crippen LogP contribution < -0.4 is 0 Å². The molecule has 0 N–H and O–H groups in total. The molecule has 266 valence electrons. The van der Waals surface area contributed by atoms with Gasteiger partial charge in [0.15, 0.2) is 6.10 Å². The van der Waals surface area contributed by atoms with Gasteiger partial charge in [-0.25, -0.2) is 0 Å². The summed E-state index contributed by atoms with van der Waals surface area (Å²) in [6.45, 7) is 6.52. The lowest BCUT2D eigenvalue weighted by Crippen LogP contribution is -2.30. The van der Waals surface area contributed by atoms with Gasteiger partial charge < -0.3 is 14.2 Å². The first-order valence-electron chi connectivity index (χ1n) is 19.5. The number of hydrogen-bond acceptors (Lipinski definition) is 6. The van der Waals surface area contributed by atoms with Crippen molar-refractivity contribution in [3.05, 3.63) is 0 Å². The van der Waals surface area contributed by atoms with E-state index in [0.29, 0.717) is 19.3 Å². The molecule has 0 aliphatic rings. The molecule has 0 amide bonds. The van der Waals surface area contributed by atoms with Gasteiger partial charge in [-0.1, -0.05) is 175 Å². The Balaban J connectivity index is 4.19. The summed E-state index contributed by atoms with van der Waals surface area (Å²) < 4.78 is 16.5. The number of carbonyl (C=O) groups excluding carboxylic acids is 3. The molecule has 1 atom stereocenters. The third kappa shape index (κ3) is 33.6. The summed E-state index contributed by atoms with van der Waals surface area (Å²) in [7, 11) is 0. The van der Waals surface area contributed by atoms with Crippen molar-refractivity contribution < 1.29 is 28.6 Å². The highest BCUT2D eigenvalue weighted by molar-refractivity contribution is 5.71. The molecule has 1 unspecified atom stereocenters. The minimum absolute atomic E-state index is 0.0651. The molecule has 45 heavy (non-hydrogen) atoms. The number of ether oxygens (including phenoxy) is 3. The number of esters is 3. The van der Waals surface area contributed by atoms with E-state index in [-0.39, 0.29) is 31.1 Å². The largest absolute Gasteiger partial charge is 0.462 e. The van der Waals surface area contributed by atoms with Gasteiger partial charge in [0.05, 0.1) is 0 Å². The molecule has 0 saturated heterocycles. The lowest BCUT2D eigenvalue weighted by atomic mass is 10.0. The maximum absolute atomic E-state index is 12.5. The molecule has 6 nitrogen and oxygen atoms in total. The second-order valence-corrected chi connectivity index (χ2v) is 13.2. The van der Waals surface area contributed by atoms with Crippen molar-refractivity contribution in [1.82, 2.24) is 0 Å². The van der Waals surface area contributed by atoms with Crippen LogP contribution in [0.1, 0.15) is 213 Å². The highest BCUT2D eigenvalue weighted by Crippen LogP contribution is 2.14. The molecule has 0 rings (SSSR count). The van der Waals surface area contributed by atoms with Crippen LogP contribution in [-0.4, -0.2) is 37.2 Å². The number of hydrogen-bond donors (Lipinski definition) is 0. The molecule has 0 saturated carbocycles. The summed E-state index contributed by atoms with van der Waals surface area (Å²) in [6.07, 6.45) is 32.6. The Bertz CT molecular complexity index is 664. The molecule has 0 bridgehead atoms. The van der Waals surface area contributed by atoms with E-state index in [2.05, 4.69) is 20.8 Å². The molecular weight excluding hydrogens is 564 g/mol. The first-order valence-corrected chi connectivity index (χ1v) is 19.5. The van der Waals surface area contributed by atoms with Crippen LogP contribution in [0.2, 0.25) is 0 Å². The SMILES string of the molecule is CCCCCCCCCCCCCCCCC(=O)OCC(COC(=O)CCCCCCC)OC(=O)CCCCCCCCCC. The average Bonchev–Trinajstić information content (AvgIpc) is 3.03. The number of carbonyl (C=O) groups is 3. The Morgan fingerprint density at radius 2 is 0.600 bits per heavy atom. The van der Waals surface area contributed by atoms with Crippen molar-refractivity contribution in [3.63, 3.8) is 0 Å². The molecule has 6 heteroatoms. The highest BCUT2D eigenvalue weighted by atomic mass is 16.6. The van der Waals surface area contributed by atoms with Gasteiger partial charge in [0.1, 0.15) is 13.2 Å². The summed E-state index contributed by atoms with van der Waals surface area (Å²) in [5.74, 6) is -0.880. The van der Waals surface area contributed by atoms with Gasteiger partial charge in [0, 0.05) is 19.3 Å². The molecule has 0 aliphatic heterocycles. The molecule has 0 aromatic rings. The fourth-order valence-electron chi connectivity index (χ4n) is 5.62. The summed E-state index contributed by atoms with van der Waals surface area (Å²) in [5.41, 5.74) is 0. The van der Waals surface area contributed by atoms with Crippen molar-refractivity contribution in [2.24, 2.45) is 0 Å². The smallest absolute Gasteiger partial charge is 0.306 e. The molecule has 0 aromatic heterocycles. The third-order valence-electron chi connectivity index (χ3n) is 8.61. The lowest BCUT2D eigenvalue weighted by molar-refractivity contribution is -0.167. The normalized spacial score (nSPS) is 11.8. The van der Waals surface area contributed by atoms with E-state index in [1.54, 1.807) is 0 Å². The predicted octanol–water partition coefficient (Wildman–Crippen LogP) is 11.7. The van der Waals surface area contributed by atoms with E-state index >= 15 is 0 Å². The van der Waals surface area contributed by atoms with Crippen LogP contribution >= 0.6 is 0 Å². The summed E-state index contributed by atoms with van der Waals surface area (Å²) in [4.78, 5) is 37.1. The van der Waals surface area contributed by atoms with Crippen LogP contribution in [0.25, 0.3) is 0 Å². The second kappa shape index (κ2) is 35.3. The average molecular weight is 639 g/mol. The van der Waals surface area contributed by atoms with Gasteiger partial charge in [0.25, 0.3) is 0 Å². The van der Waals surface area contributed by atoms with Gasteiger partial charge in [-0.3, -0.25) is 14.4 Å². The minimum atomic E-state index is -0.754. The standard InChI is InChI=1S/C39H74O6/c1-4-7-10-13-15-17-18-19-20-21-22-24-26-29-32-38(41)44-35-36(34-43-37(40)31-28-25-12-9-6-3)45-39(42)33-30-27-23-16-14-11-8-5-2/h36H,4-35H2,1-3H3. The quantitative estimate of drug-likeness (QED) is 0.0390. The zero-order valence-electron chi connectivity index (χ0n) is 30.2. The zero-order valence-corrected chi connectivity index (χ0v) is 30.2. The maximum atomic E-state index is 12.5. The van der Waals surface area contributed by atoms with E-state index in [1.807, 2.05) is 0 Å². The lowest BCUT2D eigenvalue weighted by Gasteiger charge is -2.18. The second-order valence-electron chi connectivity index (χ2n) is 13.2. The van der Waals surface area contributed by atoms with Gasteiger partial charge in [-0.05, 0) is 19.3 Å². The number of rotatable bonds is 35.